The van der Waals surface area contributed by atoms with Crippen LogP contribution >= 0.6 is 0 Å². The van der Waals surface area contributed by atoms with Gasteiger partial charge in [-0.1, -0.05) is 13.8 Å². The number of hydrogen-bond acceptors (Lipinski definition) is 2. The van der Waals surface area contributed by atoms with Crippen LogP contribution < -0.4 is 5.32 Å². The molecule has 0 atom stereocenters. The Labute approximate surface area is 111 Å². The summed E-state index contributed by atoms with van der Waals surface area (Å²) in [7, 11) is 2.10. The lowest BCUT2D eigenvalue weighted by Crippen LogP contribution is -2.36. The maximum Gasteiger partial charge on any atom is 0.0499 e. The van der Waals surface area contributed by atoms with Crippen LogP contribution in [0.15, 0.2) is 6.07 Å². The van der Waals surface area contributed by atoms with Gasteiger partial charge in [0.1, 0.15) is 0 Å². The van der Waals surface area contributed by atoms with Crippen molar-refractivity contribution >= 4 is 0 Å². The van der Waals surface area contributed by atoms with Gasteiger partial charge in [-0.2, -0.15) is 0 Å². The number of rotatable bonds is 7. The van der Waals surface area contributed by atoms with Gasteiger partial charge in [0, 0.05) is 43.5 Å². The Morgan fingerprint density at radius 2 is 1.89 bits per heavy atom. The first kappa shape index (κ1) is 15.3. The van der Waals surface area contributed by atoms with E-state index in [1.165, 1.54) is 17.0 Å². The molecule has 1 aromatic heterocycles. The van der Waals surface area contributed by atoms with Crippen LogP contribution in [0.4, 0.5) is 0 Å². The van der Waals surface area contributed by atoms with Crippen LogP contribution in [0.2, 0.25) is 0 Å². The zero-order valence-electron chi connectivity index (χ0n) is 12.5. The number of aliphatic hydroxyl groups excluding tert-OH is 1. The van der Waals surface area contributed by atoms with Gasteiger partial charge in [0.25, 0.3) is 0 Å². The standard InChI is InChI=1S/C15H28N2O/c1-6-15(7-2,11-18)10-16-9-14-8-12(3)17(5)13(14)4/h8,16,18H,6-7,9-11H2,1-5H3. The lowest BCUT2D eigenvalue weighted by molar-refractivity contribution is 0.113. The molecule has 0 spiro atoms. The van der Waals surface area contributed by atoms with Crippen LogP contribution in [0.3, 0.4) is 0 Å². The summed E-state index contributed by atoms with van der Waals surface area (Å²) in [5.74, 6) is 0. The normalized spacial score (nSPS) is 12.1. The predicted octanol–water partition coefficient (Wildman–Crippen LogP) is 2.53. The molecule has 1 aromatic rings. The number of aryl methyl sites for hydroxylation is 1. The largest absolute Gasteiger partial charge is 0.396 e. The summed E-state index contributed by atoms with van der Waals surface area (Å²) < 4.78 is 2.22. The van der Waals surface area contributed by atoms with E-state index >= 15 is 0 Å². The minimum atomic E-state index is 0.0394. The third kappa shape index (κ3) is 3.15. The van der Waals surface area contributed by atoms with Crippen LogP contribution in [0.5, 0.6) is 0 Å². The van der Waals surface area contributed by atoms with E-state index in [2.05, 4.69) is 50.7 Å². The fourth-order valence-electron chi connectivity index (χ4n) is 2.35. The molecule has 2 N–H and O–H groups in total. The zero-order valence-corrected chi connectivity index (χ0v) is 12.5. The van der Waals surface area contributed by atoms with Crippen molar-refractivity contribution in [1.82, 2.24) is 9.88 Å². The minimum Gasteiger partial charge on any atom is -0.396 e. The SMILES string of the molecule is CCC(CC)(CO)CNCc1cc(C)n(C)c1C. The van der Waals surface area contributed by atoms with E-state index in [1.807, 2.05) is 0 Å². The van der Waals surface area contributed by atoms with E-state index in [-0.39, 0.29) is 12.0 Å². The van der Waals surface area contributed by atoms with Crippen molar-refractivity contribution in [3.8, 4) is 0 Å². The van der Waals surface area contributed by atoms with Crippen molar-refractivity contribution in [2.24, 2.45) is 12.5 Å². The van der Waals surface area contributed by atoms with E-state index in [0.29, 0.717) is 0 Å². The van der Waals surface area contributed by atoms with Crippen LogP contribution in [0.25, 0.3) is 0 Å². The summed E-state index contributed by atoms with van der Waals surface area (Å²) >= 11 is 0. The Morgan fingerprint density at radius 1 is 1.28 bits per heavy atom. The molecule has 1 rings (SSSR count). The average Bonchev–Trinajstić information content (AvgIpc) is 2.63. The topological polar surface area (TPSA) is 37.2 Å². The van der Waals surface area contributed by atoms with Crippen LogP contribution in [0.1, 0.15) is 43.6 Å². The lowest BCUT2D eigenvalue weighted by atomic mass is 9.83. The summed E-state index contributed by atoms with van der Waals surface area (Å²) in [6.07, 6.45) is 2.03. The van der Waals surface area contributed by atoms with Gasteiger partial charge in [-0.15, -0.1) is 0 Å². The molecule has 3 heteroatoms. The zero-order chi connectivity index (χ0) is 13.8. The van der Waals surface area contributed by atoms with Gasteiger partial charge in [0.05, 0.1) is 0 Å². The van der Waals surface area contributed by atoms with E-state index < -0.39 is 0 Å². The van der Waals surface area contributed by atoms with Crippen LogP contribution in [-0.4, -0.2) is 22.8 Å². The van der Waals surface area contributed by atoms with Gasteiger partial charge in [-0.25, -0.2) is 0 Å². The first-order valence-corrected chi connectivity index (χ1v) is 6.93. The molecule has 0 aliphatic heterocycles. The van der Waals surface area contributed by atoms with Gasteiger partial charge in [-0.3, -0.25) is 0 Å². The Hall–Kier alpha value is -0.800. The Bertz CT molecular complexity index is 370. The molecule has 0 unspecified atom stereocenters. The molecule has 0 aromatic carbocycles. The van der Waals surface area contributed by atoms with Crippen molar-refractivity contribution in [3.05, 3.63) is 23.0 Å². The highest BCUT2D eigenvalue weighted by Crippen LogP contribution is 2.24. The molecule has 1 heterocycles. The van der Waals surface area contributed by atoms with Crippen molar-refractivity contribution in [2.45, 2.75) is 47.1 Å². The second-order valence-electron chi connectivity index (χ2n) is 5.42. The van der Waals surface area contributed by atoms with Gasteiger partial charge in [0.15, 0.2) is 0 Å². The van der Waals surface area contributed by atoms with E-state index in [4.69, 9.17) is 0 Å². The lowest BCUT2D eigenvalue weighted by Gasteiger charge is -2.29. The summed E-state index contributed by atoms with van der Waals surface area (Å²) in [6, 6.07) is 2.24. The number of aliphatic hydroxyl groups is 1. The molecule has 104 valence electrons. The summed E-state index contributed by atoms with van der Waals surface area (Å²) in [6.45, 7) is 10.6. The van der Waals surface area contributed by atoms with E-state index in [1.54, 1.807) is 0 Å². The first-order chi connectivity index (χ1) is 8.49. The molecule has 0 fully saturated rings. The van der Waals surface area contributed by atoms with Crippen molar-refractivity contribution in [2.75, 3.05) is 13.2 Å². The molecular formula is C15H28N2O. The maximum atomic E-state index is 9.53. The molecule has 0 saturated carbocycles. The summed E-state index contributed by atoms with van der Waals surface area (Å²) in [5.41, 5.74) is 4.01. The second kappa shape index (κ2) is 6.39. The van der Waals surface area contributed by atoms with E-state index in [0.717, 1.165) is 25.9 Å². The van der Waals surface area contributed by atoms with Crippen molar-refractivity contribution < 1.29 is 5.11 Å². The average molecular weight is 252 g/mol. The third-order valence-corrected chi connectivity index (χ3v) is 4.53. The van der Waals surface area contributed by atoms with Gasteiger partial charge < -0.3 is 15.0 Å². The molecule has 18 heavy (non-hydrogen) atoms. The van der Waals surface area contributed by atoms with E-state index in [9.17, 15) is 5.11 Å². The molecule has 3 nitrogen and oxygen atoms in total. The smallest absolute Gasteiger partial charge is 0.0499 e. The number of nitrogens with zero attached hydrogens (tertiary/aromatic N) is 1. The summed E-state index contributed by atoms with van der Waals surface area (Å²) in [5, 5.41) is 13.0. The van der Waals surface area contributed by atoms with Gasteiger partial charge >= 0.3 is 0 Å². The quantitative estimate of drug-likeness (QED) is 0.782. The Balaban J connectivity index is 2.58. The molecule has 0 radical (unpaired) electrons. The molecule has 0 aliphatic carbocycles. The number of nitrogens with one attached hydrogen (secondary N) is 1. The van der Waals surface area contributed by atoms with Gasteiger partial charge in [-0.05, 0) is 38.3 Å². The molecule has 0 amide bonds. The van der Waals surface area contributed by atoms with Crippen molar-refractivity contribution in [1.29, 1.82) is 0 Å². The van der Waals surface area contributed by atoms with Crippen LogP contribution in [-0.2, 0) is 13.6 Å². The highest BCUT2D eigenvalue weighted by atomic mass is 16.3. The number of aromatic nitrogens is 1. The number of hydrogen-bond donors (Lipinski definition) is 2. The fraction of sp³-hybridized carbons (Fsp3) is 0.733. The monoisotopic (exact) mass is 252 g/mol. The highest BCUT2D eigenvalue weighted by molar-refractivity contribution is 5.26. The fourth-order valence-corrected chi connectivity index (χ4v) is 2.35. The highest BCUT2D eigenvalue weighted by Gasteiger charge is 2.24. The first-order valence-electron chi connectivity index (χ1n) is 6.93. The Morgan fingerprint density at radius 3 is 2.28 bits per heavy atom. The second-order valence-corrected chi connectivity index (χ2v) is 5.42. The predicted molar refractivity (Wildman–Crippen MR) is 76.7 cm³/mol. The molecule has 0 bridgehead atoms. The maximum absolute atomic E-state index is 9.53. The molecule has 0 aliphatic rings. The molecular weight excluding hydrogens is 224 g/mol. The Kier molecular flexibility index (Phi) is 5.42. The summed E-state index contributed by atoms with van der Waals surface area (Å²) in [4.78, 5) is 0. The van der Waals surface area contributed by atoms with Crippen molar-refractivity contribution in [3.63, 3.8) is 0 Å². The van der Waals surface area contributed by atoms with Gasteiger partial charge in [0.2, 0.25) is 0 Å². The molecule has 0 saturated heterocycles. The van der Waals surface area contributed by atoms with Crippen LogP contribution in [0, 0.1) is 19.3 Å². The third-order valence-electron chi connectivity index (χ3n) is 4.53. The minimum absolute atomic E-state index is 0.0394.